The van der Waals surface area contributed by atoms with Gasteiger partial charge >= 0.3 is 5.97 Å². The van der Waals surface area contributed by atoms with Gasteiger partial charge in [-0.05, 0) is 45.2 Å². The van der Waals surface area contributed by atoms with Crippen LogP contribution in [0.5, 0.6) is 5.75 Å². The second-order valence-electron chi connectivity index (χ2n) is 7.11. The van der Waals surface area contributed by atoms with Gasteiger partial charge in [-0.2, -0.15) is 4.31 Å². The molecule has 0 spiro atoms. The van der Waals surface area contributed by atoms with Gasteiger partial charge in [-0.3, -0.25) is 4.79 Å². The Hall–Kier alpha value is -2.19. The normalized spacial score (nSPS) is 16.4. The molecule has 1 aliphatic heterocycles. The molecule has 0 aliphatic carbocycles. The molecule has 3 rings (SSSR count). The van der Waals surface area contributed by atoms with E-state index >= 15 is 0 Å². The zero-order chi connectivity index (χ0) is 19.8. The van der Waals surface area contributed by atoms with E-state index in [4.69, 9.17) is 4.74 Å². The first-order chi connectivity index (χ1) is 12.7. The zero-order valence-corrected chi connectivity index (χ0v) is 16.9. The van der Waals surface area contributed by atoms with Crippen LogP contribution in [-0.2, 0) is 21.9 Å². The number of piperidine rings is 1. The topological polar surface area (TPSA) is 81.5 Å². The van der Waals surface area contributed by atoms with Crippen LogP contribution in [0.25, 0.3) is 0 Å². The molecule has 27 heavy (non-hydrogen) atoms. The number of aromatic nitrogens is 2. The van der Waals surface area contributed by atoms with E-state index in [1.807, 2.05) is 26.0 Å². The molecule has 7 nitrogen and oxygen atoms in total. The number of hydrogen-bond donors (Lipinski definition) is 0. The summed E-state index contributed by atoms with van der Waals surface area (Å²) in [6.07, 6.45) is 2.40. The molecule has 1 aliphatic rings. The van der Waals surface area contributed by atoms with Crippen molar-refractivity contribution < 1.29 is 17.9 Å². The van der Waals surface area contributed by atoms with Gasteiger partial charge in [-0.25, -0.2) is 13.4 Å². The maximum Gasteiger partial charge on any atom is 0.314 e. The molecular formula is C19H25N3O4S. The number of benzene rings is 1. The van der Waals surface area contributed by atoms with Crippen molar-refractivity contribution in [2.45, 2.75) is 38.6 Å². The van der Waals surface area contributed by atoms with E-state index in [0.717, 1.165) is 11.1 Å². The predicted molar refractivity (Wildman–Crippen MR) is 101 cm³/mol. The minimum absolute atomic E-state index is 0.0545. The average Bonchev–Trinajstić information content (AvgIpc) is 2.97. The number of hydrogen-bond acceptors (Lipinski definition) is 5. The van der Waals surface area contributed by atoms with Crippen LogP contribution in [0, 0.1) is 26.7 Å². The van der Waals surface area contributed by atoms with Crippen LogP contribution < -0.4 is 4.74 Å². The van der Waals surface area contributed by atoms with E-state index in [9.17, 15) is 13.2 Å². The van der Waals surface area contributed by atoms with Crippen molar-refractivity contribution in [2.75, 3.05) is 13.1 Å². The molecule has 0 radical (unpaired) electrons. The third kappa shape index (κ3) is 4.06. The first kappa shape index (κ1) is 19.6. The molecule has 0 amide bonds. The highest BCUT2D eigenvalue weighted by atomic mass is 32.2. The van der Waals surface area contributed by atoms with E-state index in [2.05, 4.69) is 4.98 Å². The Labute approximate surface area is 160 Å². The Morgan fingerprint density at radius 1 is 1.19 bits per heavy atom. The quantitative estimate of drug-likeness (QED) is 0.590. The van der Waals surface area contributed by atoms with E-state index in [-0.39, 0.29) is 30.0 Å². The summed E-state index contributed by atoms with van der Waals surface area (Å²) in [6.45, 7) is 6.21. The van der Waals surface area contributed by atoms with E-state index in [1.54, 1.807) is 24.6 Å². The van der Waals surface area contributed by atoms with Gasteiger partial charge in [0.15, 0.2) is 5.03 Å². The highest BCUT2D eigenvalue weighted by molar-refractivity contribution is 7.89. The van der Waals surface area contributed by atoms with E-state index in [0.29, 0.717) is 24.4 Å². The van der Waals surface area contributed by atoms with Gasteiger partial charge in [0.2, 0.25) is 0 Å². The first-order valence-corrected chi connectivity index (χ1v) is 10.4. The standard InChI is InChI=1S/C19H25N3O4S/c1-13-5-6-17(14(2)11-13)26-19(23)16-7-9-22(10-8-16)27(24,25)18-12-21(4)15(3)20-18/h5-6,11-12,16H,7-10H2,1-4H3. The van der Waals surface area contributed by atoms with Crippen LogP contribution in [-0.4, -0.2) is 41.3 Å². The highest BCUT2D eigenvalue weighted by Gasteiger charge is 2.34. The van der Waals surface area contributed by atoms with Crippen molar-refractivity contribution in [1.82, 2.24) is 13.9 Å². The first-order valence-electron chi connectivity index (χ1n) is 8.97. The Bertz CT molecular complexity index is 938. The van der Waals surface area contributed by atoms with Crippen molar-refractivity contribution >= 4 is 16.0 Å². The van der Waals surface area contributed by atoms with Gasteiger partial charge in [-0.1, -0.05) is 17.7 Å². The lowest BCUT2D eigenvalue weighted by molar-refractivity contribution is -0.140. The summed E-state index contributed by atoms with van der Waals surface area (Å²) in [4.78, 5) is 16.6. The second kappa shape index (κ2) is 7.44. The molecule has 0 saturated carbocycles. The summed E-state index contributed by atoms with van der Waals surface area (Å²) in [7, 11) is -1.87. The summed E-state index contributed by atoms with van der Waals surface area (Å²) in [5, 5.41) is 0.0545. The number of esters is 1. The lowest BCUT2D eigenvalue weighted by Crippen LogP contribution is -2.41. The van der Waals surface area contributed by atoms with Gasteiger partial charge < -0.3 is 9.30 Å². The fourth-order valence-electron chi connectivity index (χ4n) is 3.22. The van der Waals surface area contributed by atoms with Crippen LogP contribution in [0.1, 0.15) is 29.8 Å². The van der Waals surface area contributed by atoms with Crippen LogP contribution in [0.15, 0.2) is 29.4 Å². The lowest BCUT2D eigenvalue weighted by Gasteiger charge is -2.29. The van der Waals surface area contributed by atoms with E-state index in [1.165, 1.54) is 10.5 Å². The summed E-state index contributed by atoms with van der Waals surface area (Å²) < 4.78 is 34.1. The lowest BCUT2D eigenvalue weighted by atomic mass is 9.98. The van der Waals surface area contributed by atoms with Crippen LogP contribution in [0.3, 0.4) is 0 Å². The smallest absolute Gasteiger partial charge is 0.314 e. The molecule has 1 aromatic carbocycles. The Balaban J connectivity index is 1.63. The van der Waals surface area contributed by atoms with Crippen LogP contribution in [0.2, 0.25) is 0 Å². The minimum atomic E-state index is -3.63. The highest BCUT2D eigenvalue weighted by Crippen LogP contribution is 2.26. The maximum absolute atomic E-state index is 12.7. The number of aryl methyl sites for hydroxylation is 4. The van der Waals surface area contributed by atoms with Crippen molar-refractivity contribution in [3.05, 3.63) is 41.3 Å². The van der Waals surface area contributed by atoms with Crippen LogP contribution >= 0.6 is 0 Å². The molecule has 0 N–H and O–H groups in total. The van der Waals surface area contributed by atoms with Gasteiger partial charge in [0.05, 0.1) is 5.92 Å². The largest absolute Gasteiger partial charge is 0.426 e. The summed E-state index contributed by atoms with van der Waals surface area (Å²) >= 11 is 0. The van der Waals surface area contributed by atoms with Gasteiger partial charge in [0.1, 0.15) is 11.6 Å². The third-order valence-electron chi connectivity index (χ3n) is 5.02. The molecule has 0 bridgehead atoms. The van der Waals surface area contributed by atoms with Gasteiger partial charge in [-0.15, -0.1) is 0 Å². The van der Waals surface area contributed by atoms with Crippen molar-refractivity contribution in [3.63, 3.8) is 0 Å². The molecule has 2 aromatic rings. The minimum Gasteiger partial charge on any atom is -0.426 e. The van der Waals surface area contributed by atoms with Gasteiger partial charge in [0.25, 0.3) is 10.0 Å². The predicted octanol–water partition coefficient (Wildman–Crippen LogP) is 2.35. The second-order valence-corrected chi connectivity index (χ2v) is 8.99. The molecule has 8 heteroatoms. The van der Waals surface area contributed by atoms with Crippen molar-refractivity contribution in [3.8, 4) is 5.75 Å². The molecular weight excluding hydrogens is 366 g/mol. The molecule has 0 unspecified atom stereocenters. The SMILES string of the molecule is Cc1ccc(OC(=O)C2CCN(S(=O)(=O)c3cn(C)c(C)n3)CC2)c(C)c1. The van der Waals surface area contributed by atoms with Gasteiger partial charge in [0, 0.05) is 26.3 Å². The number of ether oxygens (including phenoxy) is 1. The molecule has 1 saturated heterocycles. The number of rotatable bonds is 4. The average molecular weight is 391 g/mol. The number of carbonyl (C=O) groups is 1. The number of sulfonamides is 1. The van der Waals surface area contributed by atoms with E-state index < -0.39 is 10.0 Å². The monoisotopic (exact) mass is 391 g/mol. The number of imidazole rings is 1. The fraction of sp³-hybridized carbons (Fsp3) is 0.474. The summed E-state index contributed by atoms with van der Waals surface area (Å²) in [5.74, 6) is 0.598. The van der Waals surface area contributed by atoms with Crippen LogP contribution in [0.4, 0.5) is 0 Å². The number of carbonyl (C=O) groups excluding carboxylic acids is 1. The third-order valence-corrected chi connectivity index (χ3v) is 6.79. The summed E-state index contributed by atoms with van der Waals surface area (Å²) in [5.41, 5.74) is 2.02. The Kier molecular flexibility index (Phi) is 5.39. The maximum atomic E-state index is 12.7. The number of nitrogens with zero attached hydrogens (tertiary/aromatic N) is 3. The molecule has 2 heterocycles. The molecule has 0 atom stereocenters. The molecule has 146 valence electrons. The Morgan fingerprint density at radius 3 is 2.41 bits per heavy atom. The van der Waals surface area contributed by atoms with Crippen molar-refractivity contribution in [1.29, 1.82) is 0 Å². The molecule has 1 fully saturated rings. The van der Waals surface area contributed by atoms with Crippen molar-refractivity contribution in [2.24, 2.45) is 13.0 Å². The summed E-state index contributed by atoms with van der Waals surface area (Å²) in [6, 6.07) is 5.66. The zero-order valence-electron chi connectivity index (χ0n) is 16.1. The molecule has 1 aromatic heterocycles. The fourth-order valence-corrected chi connectivity index (χ4v) is 4.72. The Morgan fingerprint density at radius 2 is 1.85 bits per heavy atom.